The molecule has 2 heterocycles. The van der Waals surface area contributed by atoms with Crippen molar-refractivity contribution in [1.82, 2.24) is 10.3 Å². The first-order valence-corrected chi connectivity index (χ1v) is 9.42. The highest BCUT2D eigenvalue weighted by molar-refractivity contribution is 8.00. The number of methoxy groups -OCH3 is 1. The predicted octanol–water partition coefficient (Wildman–Crippen LogP) is 2.27. The first kappa shape index (κ1) is 19.5. The smallest absolute Gasteiger partial charge is 0.302 e. The normalized spacial score (nSPS) is 10.4. The number of pyridine rings is 1. The molecule has 8 nitrogen and oxygen atoms in total. The lowest BCUT2D eigenvalue weighted by Gasteiger charge is -2.06. The highest BCUT2D eigenvalue weighted by atomic mass is 32.2. The van der Waals surface area contributed by atoms with Gasteiger partial charge in [-0.3, -0.25) is 14.6 Å². The summed E-state index contributed by atoms with van der Waals surface area (Å²) in [6.45, 7) is 1.01. The van der Waals surface area contributed by atoms with E-state index >= 15 is 0 Å². The lowest BCUT2D eigenvalue weighted by Crippen LogP contribution is -2.36. The fourth-order valence-corrected chi connectivity index (χ4v) is 3.11. The van der Waals surface area contributed by atoms with Crippen LogP contribution in [0.15, 0.2) is 58.2 Å². The summed E-state index contributed by atoms with van der Waals surface area (Å²) in [7, 11) is 1.59. The number of anilines is 1. The monoisotopic (exact) mass is 396 g/mol. The molecule has 142 valence electrons. The summed E-state index contributed by atoms with van der Waals surface area (Å²) in [6.07, 6.45) is 1.58. The maximum absolute atomic E-state index is 12.2. The fraction of sp³-hybridized carbons (Fsp3) is 0.211. The molecule has 28 heavy (non-hydrogen) atoms. The zero-order valence-electron chi connectivity index (χ0n) is 15.2. The zero-order valence-corrected chi connectivity index (χ0v) is 16.0. The van der Waals surface area contributed by atoms with E-state index in [0.717, 1.165) is 11.3 Å². The van der Waals surface area contributed by atoms with Crippen molar-refractivity contribution < 1.29 is 18.7 Å². The van der Waals surface area contributed by atoms with E-state index in [1.165, 1.54) is 16.4 Å². The number of carbonyl (C=O) groups is 1. The highest BCUT2D eigenvalue weighted by Crippen LogP contribution is 2.25. The third-order valence-electron chi connectivity index (χ3n) is 3.69. The van der Waals surface area contributed by atoms with Crippen LogP contribution >= 0.6 is 11.8 Å². The molecule has 9 heteroatoms. The Hall–Kier alpha value is -3.22. The first-order valence-electron chi connectivity index (χ1n) is 8.44. The van der Waals surface area contributed by atoms with Crippen LogP contribution in [0.1, 0.15) is 5.56 Å². The molecule has 0 saturated carbocycles. The van der Waals surface area contributed by atoms with Crippen LogP contribution in [0.3, 0.4) is 0 Å². The Kier molecular flexibility index (Phi) is 6.73. The van der Waals surface area contributed by atoms with E-state index in [1.54, 1.807) is 25.4 Å². The maximum Gasteiger partial charge on any atom is 0.302 e. The van der Waals surface area contributed by atoms with Crippen molar-refractivity contribution in [1.29, 1.82) is 5.26 Å². The molecule has 0 unspecified atom stereocenters. The molecule has 0 saturated heterocycles. The highest BCUT2D eigenvalue weighted by Gasteiger charge is 2.15. The average Bonchev–Trinajstić information content (AvgIpc) is 3.18. The minimum Gasteiger partial charge on any atom is -0.378 e. The first-order chi connectivity index (χ1) is 13.7. The van der Waals surface area contributed by atoms with Gasteiger partial charge in [-0.05, 0) is 16.8 Å². The van der Waals surface area contributed by atoms with E-state index in [2.05, 4.69) is 21.6 Å². The van der Waals surface area contributed by atoms with Crippen molar-refractivity contribution in [2.45, 2.75) is 11.6 Å². The number of aromatic nitrogens is 3. The Labute approximate surface area is 166 Å². The standard InChI is InChI=1S/C19H17N5O3S/c1-26-10-9-24-12-18(27-23-24)22-17(25)13-28-19-15(11-20)7-8-16(21-19)14-5-3-2-4-6-14/h2-8,12H,9-10,13H2,1H3/p+1. The van der Waals surface area contributed by atoms with E-state index in [9.17, 15) is 10.1 Å². The van der Waals surface area contributed by atoms with Gasteiger partial charge in [0.15, 0.2) is 0 Å². The summed E-state index contributed by atoms with van der Waals surface area (Å²) in [6, 6.07) is 15.3. The van der Waals surface area contributed by atoms with Gasteiger partial charge < -0.3 is 4.74 Å². The SMILES string of the molecule is COCC[n+]1cc(NC(=O)CSc2nc(-c3ccccc3)ccc2C#N)on1. The van der Waals surface area contributed by atoms with Gasteiger partial charge in [-0.15, -0.1) is 0 Å². The Morgan fingerprint density at radius 1 is 1.32 bits per heavy atom. The second-order valence-electron chi connectivity index (χ2n) is 5.69. The van der Waals surface area contributed by atoms with E-state index in [4.69, 9.17) is 9.26 Å². The van der Waals surface area contributed by atoms with Crippen molar-refractivity contribution in [3.63, 3.8) is 0 Å². The van der Waals surface area contributed by atoms with E-state index in [1.807, 2.05) is 30.3 Å². The van der Waals surface area contributed by atoms with Gasteiger partial charge in [0.1, 0.15) is 17.7 Å². The molecule has 3 aromatic rings. The van der Waals surface area contributed by atoms with Crippen LogP contribution in [0.2, 0.25) is 0 Å². The quantitative estimate of drug-likeness (QED) is 0.460. The second-order valence-corrected chi connectivity index (χ2v) is 6.65. The Balaban J connectivity index is 1.64. The Bertz CT molecular complexity index is 985. The van der Waals surface area contributed by atoms with Crippen LogP contribution in [-0.2, 0) is 16.1 Å². The van der Waals surface area contributed by atoms with Crippen LogP contribution in [0.25, 0.3) is 11.3 Å². The van der Waals surface area contributed by atoms with Gasteiger partial charge in [0, 0.05) is 12.7 Å². The molecule has 2 aromatic heterocycles. The van der Waals surface area contributed by atoms with Crippen molar-refractivity contribution in [3.8, 4) is 17.3 Å². The largest absolute Gasteiger partial charge is 0.378 e. The molecular weight excluding hydrogens is 378 g/mol. The number of hydrogen-bond donors (Lipinski definition) is 1. The minimum absolute atomic E-state index is 0.0820. The molecule has 0 spiro atoms. The molecule has 0 fully saturated rings. The number of amides is 1. The number of nitriles is 1. The van der Waals surface area contributed by atoms with Crippen LogP contribution < -0.4 is 10.00 Å². The van der Waals surface area contributed by atoms with Gasteiger partial charge in [-0.1, -0.05) is 42.1 Å². The number of ether oxygens (including phenoxy) is 1. The van der Waals surface area contributed by atoms with Crippen molar-refractivity contribution in [2.75, 3.05) is 24.8 Å². The molecule has 0 aliphatic carbocycles. The molecule has 0 aliphatic heterocycles. The number of thioether (sulfide) groups is 1. The van der Waals surface area contributed by atoms with Crippen LogP contribution in [-0.4, -0.2) is 35.6 Å². The molecule has 0 atom stereocenters. The predicted molar refractivity (Wildman–Crippen MR) is 102 cm³/mol. The fourth-order valence-electron chi connectivity index (χ4n) is 2.34. The zero-order chi connectivity index (χ0) is 19.8. The second kappa shape index (κ2) is 9.64. The molecule has 1 amide bonds. The molecule has 0 aliphatic rings. The number of nitrogens with one attached hydrogen (secondary N) is 1. The number of rotatable bonds is 8. The van der Waals surface area contributed by atoms with Crippen molar-refractivity contribution in [2.24, 2.45) is 0 Å². The topological polar surface area (TPSA) is 105 Å². The molecular formula is C19H18N5O3S+. The molecule has 0 bridgehead atoms. The van der Waals surface area contributed by atoms with Crippen LogP contribution in [0.4, 0.5) is 5.88 Å². The molecule has 0 radical (unpaired) electrons. The minimum atomic E-state index is -0.282. The van der Waals surface area contributed by atoms with Gasteiger partial charge in [0.25, 0.3) is 6.20 Å². The number of benzene rings is 1. The average molecular weight is 396 g/mol. The van der Waals surface area contributed by atoms with Crippen molar-refractivity contribution >= 4 is 23.6 Å². The lowest BCUT2D eigenvalue weighted by molar-refractivity contribution is -0.763. The van der Waals surface area contributed by atoms with Gasteiger partial charge in [-0.25, -0.2) is 4.98 Å². The molecule has 3 rings (SSSR count). The summed E-state index contributed by atoms with van der Waals surface area (Å²) in [5, 5.41) is 16.2. The summed E-state index contributed by atoms with van der Waals surface area (Å²) >= 11 is 1.19. The third-order valence-corrected chi connectivity index (χ3v) is 4.68. The summed E-state index contributed by atoms with van der Waals surface area (Å²) in [5.74, 6) is 0.0441. The van der Waals surface area contributed by atoms with E-state index in [-0.39, 0.29) is 17.5 Å². The van der Waals surface area contributed by atoms with Crippen LogP contribution in [0, 0.1) is 11.3 Å². The molecule has 1 aromatic carbocycles. The van der Waals surface area contributed by atoms with E-state index in [0.29, 0.717) is 23.7 Å². The Morgan fingerprint density at radius 3 is 2.89 bits per heavy atom. The van der Waals surface area contributed by atoms with Gasteiger partial charge in [0.2, 0.25) is 17.7 Å². The van der Waals surface area contributed by atoms with Crippen LogP contribution in [0.5, 0.6) is 0 Å². The van der Waals surface area contributed by atoms with Gasteiger partial charge >= 0.3 is 5.88 Å². The maximum atomic E-state index is 12.2. The summed E-state index contributed by atoms with van der Waals surface area (Å²) in [5.41, 5.74) is 2.12. The van der Waals surface area contributed by atoms with Gasteiger partial charge in [0.05, 0.1) is 17.0 Å². The summed E-state index contributed by atoms with van der Waals surface area (Å²) in [4.78, 5) is 16.7. The third kappa shape index (κ3) is 5.16. The number of carbonyl (C=O) groups excluding carboxylic acids is 1. The Morgan fingerprint density at radius 2 is 2.14 bits per heavy atom. The summed E-state index contributed by atoms with van der Waals surface area (Å²) < 4.78 is 11.5. The number of nitrogens with zero attached hydrogens (tertiary/aromatic N) is 4. The van der Waals surface area contributed by atoms with Crippen molar-refractivity contribution in [3.05, 3.63) is 54.2 Å². The lowest BCUT2D eigenvalue weighted by atomic mass is 10.1. The van der Waals surface area contributed by atoms with Gasteiger partial charge in [-0.2, -0.15) is 5.26 Å². The van der Waals surface area contributed by atoms with E-state index < -0.39 is 0 Å². The number of hydrogen-bond acceptors (Lipinski definition) is 7. The molecule has 1 N–H and O–H groups in total.